The molecule has 0 rings (SSSR count). The third-order valence-electron chi connectivity index (χ3n) is 2.79. The van der Waals surface area contributed by atoms with E-state index in [1.807, 2.05) is 0 Å². The molecule has 0 fully saturated rings. The lowest BCUT2D eigenvalue weighted by Crippen LogP contribution is -2.17. The van der Waals surface area contributed by atoms with Crippen LogP contribution in [-0.4, -0.2) is 23.5 Å². The summed E-state index contributed by atoms with van der Waals surface area (Å²) in [5.41, 5.74) is 0. The van der Waals surface area contributed by atoms with Crippen LogP contribution in [0.4, 0.5) is 0 Å². The number of hydrogen-bond donors (Lipinski definition) is 2. The molecule has 0 aromatic heterocycles. The van der Waals surface area contributed by atoms with E-state index in [2.05, 4.69) is 22.9 Å². The highest BCUT2D eigenvalue weighted by Crippen LogP contribution is 2.09. The molecule has 0 aromatic rings. The normalized spacial score (nSPS) is 9.83. The fraction of sp³-hybridized carbons (Fsp3) is 0.846. The SMILES string of the molecule is O=C=NCCCCCCCCCCCNC(=S)S. The van der Waals surface area contributed by atoms with Crippen molar-refractivity contribution in [1.82, 2.24) is 5.32 Å². The lowest BCUT2D eigenvalue weighted by Gasteiger charge is -2.03. The molecular formula is C13H24N2OS2. The number of carbonyl (C=O) groups excluding carboxylic acids is 1. The van der Waals surface area contributed by atoms with Gasteiger partial charge in [-0.3, -0.25) is 0 Å². The van der Waals surface area contributed by atoms with Crippen LogP contribution >= 0.6 is 24.8 Å². The van der Waals surface area contributed by atoms with Crippen LogP contribution in [0.15, 0.2) is 4.99 Å². The van der Waals surface area contributed by atoms with E-state index in [1.54, 1.807) is 6.08 Å². The molecule has 0 aromatic carbocycles. The van der Waals surface area contributed by atoms with Gasteiger partial charge in [-0.25, -0.2) is 9.79 Å². The summed E-state index contributed by atoms with van der Waals surface area (Å²) in [6, 6.07) is 0. The number of rotatable bonds is 12. The number of hydrogen-bond acceptors (Lipinski definition) is 3. The summed E-state index contributed by atoms with van der Waals surface area (Å²) in [4.78, 5) is 13.4. The number of nitrogens with zero attached hydrogens (tertiary/aromatic N) is 1. The van der Waals surface area contributed by atoms with Crippen molar-refractivity contribution in [3.8, 4) is 0 Å². The number of thiocarbonyl (C=S) groups is 1. The molecule has 104 valence electrons. The molecule has 0 aliphatic heterocycles. The van der Waals surface area contributed by atoms with Gasteiger partial charge in [0.2, 0.25) is 6.08 Å². The lowest BCUT2D eigenvalue weighted by molar-refractivity contribution is 0.553. The summed E-state index contributed by atoms with van der Waals surface area (Å²) in [6.45, 7) is 1.59. The van der Waals surface area contributed by atoms with E-state index in [-0.39, 0.29) is 0 Å². The van der Waals surface area contributed by atoms with Crippen LogP contribution in [0, 0.1) is 0 Å². The zero-order valence-electron chi connectivity index (χ0n) is 11.0. The molecule has 18 heavy (non-hydrogen) atoms. The Labute approximate surface area is 121 Å². The van der Waals surface area contributed by atoms with Crippen molar-refractivity contribution in [3.63, 3.8) is 0 Å². The monoisotopic (exact) mass is 288 g/mol. The van der Waals surface area contributed by atoms with Crippen molar-refractivity contribution in [1.29, 1.82) is 0 Å². The summed E-state index contributed by atoms with van der Waals surface area (Å²) < 4.78 is 0.592. The molecule has 0 amide bonds. The van der Waals surface area contributed by atoms with Gasteiger partial charge < -0.3 is 5.32 Å². The topological polar surface area (TPSA) is 41.5 Å². The molecule has 3 nitrogen and oxygen atoms in total. The first-order chi connectivity index (χ1) is 8.77. The standard InChI is InChI=1S/C13H24N2OS2/c16-12-14-10-8-6-4-2-1-3-5-7-9-11-15-13(17)18/h1-11H2,(H2,15,17,18). The maximum absolute atomic E-state index is 9.82. The molecule has 0 aliphatic rings. The van der Waals surface area contributed by atoms with Crippen molar-refractivity contribution in [2.24, 2.45) is 4.99 Å². The average molecular weight is 288 g/mol. The van der Waals surface area contributed by atoms with E-state index >= 15 is 0 Å². The van der Waals surface area contributed by atoms with E-state index < -0.39 is 0 Å². The van der Waals surface area contributed by atoms with Gasteiger partial charge in [0.05, 0.1) is 6.54 Å². The van der Waals surface area contributed by atoms with Gasteiger partial charge >= 0.3 is 0 Å². The number of thiol groups is 1. The maximum atomic E-state index is 9.82. The highest BCUT2D eigenvalue weighted by Gasteiger charge is 1.93. The van der Waals surface area contributed by atoms with Crippen LogP contribution in [-0.2, 0) is 4.79 Å². The van der Waals surface area contributed by atoms with Crippen molar-refractivity contribution in [2.75, 3.05) is 13.1 Å². The minimum Gasteiger partial charge on any atom is -0.371 e. The molecule has 0 atom stereocenters. The second-order valence-corrected chi connectivity index (χ2v) is 5.54. The minimum absolute atomic E-state index is 0.592. The zero-order valence-corrected chi connectivity index (χ0v) is 12.7. The van der Waals surface area contributed by atoms with Gasteiger partial charge in [-0.05, 0) is 12.8 Å². The molecule has 1 N–H and O–H groups in total. The van der Waals surface area contributed by atoms with Crippen LogP contribution in [0.5, 0.6) is 0 Å². The molecule has 5 heteroatoms. The smallest absolute Gasteiger partial charge is 0.234 e. The third kappa shape index (κ3) is 15.6. The summed E-state index contributed by atoms with van der Waals surface area (Å²) in [7, 11) is 0. The Morgan fingerprint density at radius 1 is 1.00 bits per heavy atom. The van der Waals surface area contributed by atoms with E-state index in [9.17, 15) is 4.79 Å². The fourth-order valence-electron chi connectivity index (χ4n) is 1.79. The molecule has 0 bridgehead atoms. The minimum atomic E-state index is 0.592. The fourth-order valence-corrected chi connectivity index (χ4v) is 2.01. The van der Waals surface area contributed by atoms with Crippen LogP contribution in [0.3, 0.4) is 0 Å². The summed E-state index contributed by atoms with van der Waals surface area (Å²) in [5, 5.41) is 3.04. The predicted molar refractivity (Wildman–Crippen MR) is 84.1 cm³/mol. The Bertz CT molecular complexity index is 241. The van der Waals surface area contributed by atoms with E-state index in [0.29, 0.717) is 10.9 Å². The number of aliphatic imine (C=N–C) groups is 1. The Balaban J connectivity index is 2.98. The first-order valence-corrected chi connectivity index (χ1v) is 7.63. The van der Waals surface area contributed by atoms with Crippen LogP contribution in [0.1, 0.15) is 57.8 Å². The largest absolute Gasteiger partial charge is 0.371 e. The predicted octanol–water partition coefficient (Wildman–Crippen LogP) is 3.64. The number of isocyanates is 1. The molecular weight excluding hydrogens is 264 g/mol. The Hall–Kier alpha value is -0.380. The quantitative estimate of drug-likeness (QED) is 0.189. The molecule has 0 spiro atoms. The van der Waals surface area contributed by atoms with Crippen LogP contribution in [0.2, 0.25) is 0 Å². The Kier molecular flexibility index (Phi) is 14.4. The zero-order chi connectivity index (χ0) is 13.5. The molecule has 0 heterocycles. The summed E-state index contributed by atoms with van der Waals surface area (Å²) in [6.07, 6.45) is 12.7. The molecule has 0 saturated heterocycles. The van der Waals surface area contributed by atoms with Crippen LogP contribution < -0.4 is 5.32 Å². The van der Waals surface area contributed by atoms with Gasteiger partial charge in [-0.1, -0.05) is 57.2 Å². The van der Waals surface area contributed by atoms with Gasteiger partial charge in [0.15, 0.2) is 0 Å². The highest BCUT2D eigenvalue weighted by atomic mass is 32.1. The Morgan fingerprint density at radius 2 is 1.50 bits per heavy atom. The van der Waals surface area contributed by atoms with E-state index in [4.69, 9.17) is 12.2 Å². The van der Waals surface area contributed by atoms with Gasteiger partial charge in [-0.2, -0.15) is 0 Å². The van der Waals surface area contributed by atoms with Crippen LogP contribution in [0.25, 0.3) is 0 Å². The molecule has 0 aliphatic carbocycles. The second-order valence-electron chi connectivity index (χ2n) is 4.39. The van der Waals surface area contributed by atoms with Gasteiger partial charge in [0, 0.05) is 6.54 Å². The van der Waals surface area contributed by atoms with Crippen molar-refractivity contribution < 1.29 is 4.79 Å². The van der Waals surface area contributed by atoms with Crippen molar-refractivity contribution in [3.05, 3.63) is 0 Å². The second kappa shape index (κ2) is 14.7. The molecule has 0 unspecified atom stereocenters. The first-order valence-electron chi connectivity index (χ1n) is 6.78. The van der Waals surface area contributed by atoms with Crippen molar-refractivity contribution >= 4 is 35.2 Å². The lowest BCUT2D eigenvalue weighted by atomic mass is 10.1. The maximum Gasteiger partial charge on any atom is 0.234 e. The first kappa shape index (κ1) is 17.6. The van der Waals surface area contributed by atoms with E-state index in [0.717, 1.165) is 13.0 Å². The molecule has 0 saturated carbocycles. The summed E-state index contributed by atoms with van der Waals surface area (Å²) in [5.74, 6) is 0. The summed E-state index contributed by atoms with van der Waals surface area (Å²) >= 11 is 8.81. The van der Waals surface area contributed by atoms with Gasteiger partial charge in [0.1, 0.15) is 4.32 Å². The van der Waals surface area contributed by atoms with E-state index in [1.165, 1.54) is 51.4 Å². The van der Waals surface area contributed by atoms with Gasteiger partial charge in [-0.15, -0.1) is 12.6 Å². The van der Waals surface area contributed by atoms with Gasteiger partial charge in [0.25, 0.3) is 0 Å². The average Bonchev–Trinajstić information content (AvgIpc) is 2.34. The number of nitrogens with one attached hydrogen (secondary N) is 1. The molecule has 0 radical (unpaired) electrons. The number of unbranched alkanes of at least 4 members (excludes halogenated alkanes) is 8. The third-order valence-corrected chi connectivity index (χ3v) is 3.09. The Morgan fingerprint density at radius 3 is 2.00 bits per heavy atom. The van der Waals surface area contributed by atoms with Crippen molar-refractivity contribution in [2.45, 2.75) is 57.8 Å². The highest BCUT2D eigenvalue weighted by molar-refractivity contribution is 8.11.